The Labute approximate surface area is 162 Å². The van der Waals surface area contributed by atoms with Gasteiger partial charge in [0.15, 0.2) is 0 Å². The van der Waals surface area contributed by atoms with Crippen LogP contribution in [0, 0.1) is 11.6 Å². The molecule has 4 nitrogen and oxygen atoms in total. The molecule has 3 rings (SSSR count). The lowest BCUT2D eigenvalue weighted by Gasteiger charge is -2.13. The maximum Gasteiger partial charge on any atom is 0.255 e. The van der Waals surface area contributed by atoms with Crippen LogP contribution in [0.3, 0.4) is 0 Å². The van der Waals surface area contributed by atoms with E-state index in [1.807, 2.05) is 0 Å². The molecule has 146 valence electrons. The first-order chi connectivity index (χ1) is 13.5. The van der Waals surface area contributed by atoms with Crippen LogP contribution in [0.5, 0.6) is 0 Å². The number of rotatable bonds is 6. The number of hydrogen-bond acceptors (Lipinski definition) is 2. The minimum absolute atomic E-state index is 0.144. The van der Waals surface area contributed by atoms with Gasteiger partial charge in [-0.15, -0.1) is 0 Å². The van der Waals surface area contributed by atoms with Gasteiger partial charge in [-0.1, -0.05) is 23.8 Å². The monoisotopic (exact) mass is 384 g/mol. The SMILES string of the molecule is O=C(NCCC1=CCCCC1)c1cccc(C(=O)Nc2c(F)cccc2F)c1. The number of carbonyl (C=O) groups excluding carboxylic acids is 2. The molecule has 0 saturated heterocycles. The van der Waals surface area contributed by atoms with Crippen molar-refractivity contribution in [1.82, 2.24) is 5.32 Å². The van der Waals surface area contributed by atoms with E-state index in [0.717, 1.165) is 31.4 Å². The highest BCUT2D eigenvalue weighted by Crippen LogP contribution is 2.20. The van der Waals surface area contributed by atoms with Crippen molar-refractivity contribution in [3.05, 3.63) is 76.9 Å². The van der Waals surface area contributed by atoms with Crippen LogP contribution in [-0.2, 0) is 0 Å². The van der Waals surface area contributed by atoms with Crippen molar-refractivity contribution < 1.29 is 18.4 Å². The summed E-state index contributed by atoms with van der Waals surface area (Å²) in [6.07, 6.45) is 7.66. The Kier molecular flexibility index (Phi) is 6.53. The molecule has 0 unspecified atom stereocenters. The number of hydrogen-bond donors (Lipinski definition) is 2. The molecule has 0 fully saturated rings. The van der Waals surface area contributed by atoms with E-state index >= 15 is 0 Å². The van der Waals surface area contributed by atoms with Crippen molar-refractivity contribution in [1.29, 1.82) is 0 Å². The van der Waals surface area contributed by atoms with Gasteiger partial charge in [-0.25, -0.2) is 8.78 Å². The molecule has 6 heteroatoms. The zero-order valence-corrected chi connectivity index (χ0v) is 15.4. The van der Waals surface area contributed by atoms with E-state index in [4.69, 9.17) is 0 Å². The largest absolute Gasteiger partial charge is 0.352 e. The highest BCUT2D eigenvalue weighted by Gasteiger charge is 2.15. The summed E-state index contributed by atoms with van der Waals surface area (Å²) >= 11 is 0. The number of allylic oxidation sites excluding steroid dienone is 1. The number of carbonyl (C=O) groups is 2. The molecule has 28 heavy (non-hydrogen) atoms. The number of nitrogens with one attached hydrogen (secondary N) is 2. The molecule has 0 atom stereocenters. The Bertz CT molecular complexity index is 889. The fourth-order valence-electron chi connectivity index (χ4n) is 3.17. The van der Waals surface area contributed by atoms with Gasteiger partial charge in [-0.05, 0) is 62.4 Å². The number of para-hydroxylation sites is 1. The lowest BCUT2D eigenvalue weighted by Crippen LogP contribution is -2.25. The van der Waals surface area contributed by atoms with E-state index in [0.29, 0.717) is 12.1 Å². The summed E-state index contributed by atoms with van der Waals surface area (Å²) < 4.78 is 27.4. The van der Waals surface area contributed by atoms with Gasteiger partial charge in [0.2, 0.25) is 0 Å². The Hall–Kier alpha value is -3.02. The first kappa shape index (κ1) is 19.7. The maximum absolute atomic E-state index is 13.7. The maximum atomic E-state index is 13.7. The third kappa shape index (κ3) is 5.03. The predicted octanol–water partition coefficient (Wildman–Crippen LogP) is 4.84. The molecule has 1 aliphatic carbocycles. The lowest BCUT2D eigenvalue weighted by molar-refractivity contribution is 0.0954. The second kappa shape index (κ2) is 9.26. The fourth-order valence-corrected chi connectivity index (χ4v) is 3.17. The molecule has 2 amide bonds. The highest BCUT2D eigenvalue weighted by molar-refractivity contribution is 6.06. The zero-order chi connectivity index (χ0) is 19.9. The van der Waals surface area contributed by atoms with Gasteiger partial charge in [-0.2, -0.15) is 0 Å². The quantitative estimate of drug-likeness (QED) is 0.701. The molecule has 0 aromatic heterocycles. The van der Waals surface area contributed by atoms with E-state index in [9.17, 15) is 18.4 Å². The number of halogens is 2. The number of amides is 2. The Balaban J connectivity index is 1.61. The third-order valence-corrected chi connectivity index (χ3v) is 4.70. The van der Waals surface area contributed by atoms with Crippen LogP contribution in [0.1, 0.15) is 52.8 Å². The molecule has 1 aliphatic rings. The third-order valence-electron chi connectivity index (χ3n) is 4.70. The predicted molar refractivity (Wildman–Crippen MR) is 104 cm³/mol. The Morgan fingerprint density at radius 2 is 1.61 bits per heavy atom. The van der Waals surface area contributed by atoms with Gasteiger partial charge in [0.25, 0.3) is 11.8 Å². The van der Waals surface area contributed by atoms with Crippen LogP contribution in [0.15, 0.2) is 54.1 Å². The standard InChI is InChI=1S/C22H22F2N2O2/c23-18-10-5-11-19(24)20(18)26-22(28)17-9-4-8-16(14-17)21(27)25-13-12-15-6-2-1-3-7-15/h4-6,8-11,14H,1-3,7,12-13H2,(H,25,27)(H,26,28). The summed E-state index contributed by atoms with van der Waals surface area (Å²) in [4.78, 5) is 24.7. The van der Waals surface area contributed by atoms with Crippen molar-refractivity contribution in [3.8, 4) is 0 Å². The van der Waals surface area contributed by atoms with Crippen molar-refractivity contribution in [2.24, 2.45) is 0 Å². The molecular formula is C22H22F2N2O2. The van der Waals surface area contributed by atoms with Crippen molar-refractivity contribution >= 4 is 17.5 Å². The molecule has 2 N–H and O–H groups in total. The minimum Gasteiger partial charge on any atom is -0.352 e. The second-order valence-electron chi connectivity index (χ2n) is 6.75. The summed E-state index contributed by atoms with van der Waals surface area (Å²) in [7, 11) is 0. The fraction of sp³-hybridized carbons (Fsp3) is 0.273. The summed E-state index contributed by atoms with van der Waals surface area (Å²) in [5.41, 5.74) is 1.32. The molecular weight excluding hydrogens is 362 g/mol. The van der Waals surface area contributed by atoms with E-state index in [2.05, 4.69) is 16.7 Å². The van der Waals surface area contributed by atoms with Gasteiger partial charge in [0.05, 0.1) is 0 Å². The molecule has 2 aromatic carbocycles. The van der Waals surface area contributed by atoms with Gasteiger partial charge in [-0.3, -0.25) is 9.59 Å². The van der Waals surface area contributed by atoms with Gasteiger partial charge < -0.3 is 10.6 Å². The number of anilines is 1. The van der Waals surface area contributed by atoms with Crippen LogP contribution in [0.4, 0.5) is 14.5 Å². The van der Waals surface area contributed by atoms with Crippen LogP contribution in [-0.4, -0.2) is 18.4 Å². The van der Waals surface area contributed by atoms with Crippen molar-refractivity contribution in [2.75, 3.05) is 11.9 Å². The normalized spacial score (nSPS) is 13.6. The van der Waals surface area contributed by atoms with E-state index in [-0.39, 0.29) is 11.5 Å². The van der Waals surface area contributed by atoms with Gasteiger partial charge >= 0.3 is 0 Å². The molecule has 0 saturated carbocycles. The van der Waals surface area contributed by atoms with Crippen LogP contribution in [0.25, 0.3) is 0 Å². The van der Waals surface area contributed by atoms with E-state index < -0.39 is 23.2 Å². The summed E-state index contributed by atoms with van der Waals surface area (Å²) in [6, 6.07) is 9.38. The van der Waals surface area contributed by atoms with Crippen molar-refractivity contribution in [2.45, 2.75) is 32.1 Å². The topological polar surface area (TPSA) is 58.2 Å². The average molecular weight is 384 g/mol. The smallest absolute Gasteiger partial charge is 0.255 e. The summed E-state index contributed by atoms with van der Waals surface area (Å²) in [5.74, 6) is -2.70. The molecule has 0 aliphatic heterocycles. The average Bonchev–Trinajstić information content (AvgIpc) is 2.71. The first-order valence-electron chi connectivity index (χ1n) is 9.36. The minimum atomic E-state index is -0.862. The van der Waals surface area contributed by atoms with E-state index in [1.54, 1.807) is 12.1 Å². The second-order valence-corrected chi connectivity index (χ2v) is 6.75. The molecule has 0 spiro atoms. The van der Waals surface area contributed by atoms with Crippen molar-refractivity contribution in [3.63, 3.8) is 0 Å². The van der Waals surface area contributed by atoms with Crippen LogP contribution < -0.4 is 10.6 Å². The molecule has 0 bridgehead atoms. The highest BCUT2D eigenvalue weighted by atomic mass is 19.1. The molecule has 2 aromatic rings. The first-order valence-corrected chi connectivity index (χ1v) is 9.36. The van der Waals surface area contributed by atoms with Gasteiger partial charge in [0.1, 0.15) is 17.3 Å². The molecule has 0 heterocycles. The zero-order valence-electron chi connectivity index (χ0n) is 15.4. The summed E-state index contributed by atoms with van der Waals surface area (Å²) in [6.45, 7) is 0.529. The van der Waals surface area contributed by atoms with Gasteiger partial charge in [0, 0.05) is 17.7 Å². The van der Waals surface area contributed by atoms with Crippen LogP contribution >= 0.6 is 0 Å². The lowest BCUT2D eigenvalue weighted by atomic mass is 9.97. The number of benzene rings is 2. The molecule has 0 radical (unpaired) electrons. The van der Waals surface area contributed by atoms with Crippen LogP contribution in [0.2, 0.25) is 0 Å². The Morgan fingerprint density at radius 3 is 2.29 bits per heavy atom. The Morgan fingerprint density at radius 1 is 0.929 bits per heavy atom. The summed E-state index contributed by atoms with van der Waals surface area (Å²) in [5, 5.41) is 5.07. The van der Waals surface area contributed by atoms with E-state index in [1.165, 1.54) is 36.6 Å².